The Morgan fingerprint density at radius 2 is 1.56 bits per heavy atom. The molecule has 3 N–H and O–H groups in total. The Morgan fingerprint density at radius 3 is 2.13 bits per heavy atom. The minimum atomic E-state index is -1.34. The highest BCUT2D eigenvalue weighted by atomic mass is 35.5. The Labute approximate surface area is 276 Å². The number of carbonyl (C=O) groups is 3. The van der Waals surface area contributed by atoms with E-state index in [-0.39, 0.29) is 51.2 Å². The molecule has 10 nitrogen and oxygen atoms in total. The molecule has 3 saturated heterocycles. The number of hydrogen-bond donors (Lipinski definition) is 3. The highest BCUT2D eigenvalue weighted by Gasteiger charge is 2.43. The van der Waals surface area contributed by atoms with Crippen LogP contribution in [0.2, 0.25) is 10.0 Å². The molecular formula is C32H37Cl2N5O5S. The summed E-state index contributed by atoms with van der Waals surface area (Å²) in [5.41, 5.74) is 0.259. The number of aryl methyl sites for hydroxylation is 1. The average Bonchev–Trinajstić information content (AvgIpc) is 3.58. The molecule has 2 aromatic rings. The number of piperidine rings is 1. The molecule has 4 atom stereocenters. The second-order valence-corrected chi connectivity index (χ2v) is 14.1. The fraction of sp³-hybridized carbons (Fsp3) is 0.500. The van der Waals surface area contributed by atoms with Crippen LogP contribution in [-0.4, -0.2) is 99.1 Å². The molecule has 0 aliphatic carbocycles. The van der Waals surface area contributed by atoms with Crippen molar-refractivity contribution in [2.75, 3.05) is 33.2 Å². The predicted octanol–water partition coefficient (Wildman–Crippen LogP) is 4.61. The van der Waals surface area contributed by atoms with Crippen molar-refractivity contribution in [3.05, 3.63) is 72.9 Å². The van der Waals surface area contributed by atoms with Gasteiger partial charge >= 0.3 is 11.9 Å². The van der Waals surface area contributed by atoms with Gasteiger partial charge in [0.1, 0.15) is 0 Å². The second-order valence-electron chi connectivity index (χ2n) is 12.3. The summed E-state index contributed by atoms with van der Waals surface area (Å²) >= 11 is 14.6. The number of amides is 1. The van der Waals surface area contributed by atoms with Crippen LogP contribution in [0.3, 0.4) is 0 Å². The van der Waals surface area contributed by atoms with Crippen LogP contribution in [0, 0.1) is 0 Å². The topological polar surface area (TPSA) is 126 Å². The first-order valence-electron chi connectivity index (χ1n) is 15.4. The number of nitrogens with zero attached hydrogens (tertiary/aromatic N) is 4. The molecule has 3 fully saturated rings. The van der Waals surface area contributed by atoms with Crippen LogP contribution in [0.15, 0.2) is 52.3 Å². The molecular weight excluding hydrogens is 637 g/mol. The number of allylic oxidation sites excluding steroid dienone is 1. The third kappa shape index (κ3) is 6.51. The van der Waals surface area contributed by atoms with E-state index < -0.39 is 17.9 Å². The summed E-state index contributed by atoms with van der Waals surface area (Å²) in [7, 11) is 2.23. The van der Waals surface area contributed by atoms with Crippen LogP contribution in [0.1, 0.15) is 55.0 Å². The second kappa shape index (κ2) is 13.4. The number of rotatable bonds is 9. The zero-order chi connectivity index (χ0) is 31.8. The van der Waals surface area contributed by atoms with Crippen molar-refractivity contribution < 1.29 is 24.6 Å². The van der Waals surface area contributed by atoms with Crippen molar-refractivity contribution in [1.29, 1.82) is 0 Å². The summed E-state index contributed by atoms with van der Waals surface area (Å²) in [4.78, 5) is 50.6. The molecule has 2 bridgehead atoms. The number of aliphatic carboxylic acids is 2. The van der Waals surface area contributed by atoms with Crippen molar-refractivity contribution in [3.63, 3.8) is 0 Å². The summed E-state index contributed by atoms with van der Waals surface area (Å²) in [6, 6.07) is 6.53. The highest BCUT2D eigenvalue weighted by Crippen LogP contribution is 2.45. The number of thiazole rings is 1. The van der Waals surface area contributed by atoms with Crippen LogP contribution >= 0.6 is 34.5 Å². The van der Waals surface area contributed by atoms with Crippen molar-refractivity contribution in [1.82, 2.24) is 25.0 Å². The molecule has 4 aliphatic rings. The monoisotopic (exact) mass is 673 g/mol. The van der Waals surface area contributed by atoms with E-state index in [0.717, 1.165) is 30.9 Å². The van der Waals surface area contributed by atoms with Gasteiger partial charge in [-0.05, 0) is 51.3 Å². The molecule has 4 aliphatic heterocycles. The Hall–Kier alpha value is -2.96. The Bertz CT molecular complexity index is 1500. The maximum atomic E-state index is 13.8. The van der Waals surface area contributed by atoms with Gasteiger partial charge in [-0.1, -0.05) is 29.3 Å². The SMILES string of the molecule is CN1[C@@H]2CC[C@H]1CC(N1CCN(C(=O)CC3=C(C(=O)O)C(c4c(Cl)cccc4Cl)C(C(=O)O)=C(CCc4nccs4)N3)CC1)C2. The number of benzene rings is 1. The lowest BCUT2D eigenvalue weighted by Gasteiger charge is -2.45. The fourth-order valence-electron chi connectivity index (χ4n) is 7.62. The first-order chi connectivity index (χ1) is 21.6. The van der Waals surface area contributed by atoms with Gasteiger partial charge in [0.05, 0.1) is 28.5 Å². The molecule has 1 amide bonds. The molecule has 13 heteroatoms. The van der Waals surface area contributed by atoms with Gasteiger partial charge in [0.2, 0.25) is 5.91 Å². The number of piperazine rings is 1. The Balaban J connectivity index is 1.26. The molecule has 240 valence electrons. The summed E-state index contributed by atoms with van der Waals surface area (Å²) in [5.74, 6) is -4.12. The van der Waals surface area contributed by atoms with Gasteiger partial charge < -0.3 is 25.3 Å². The number of carbonyl (C=O) groups excluding carboxylic acids is 1. The maximum absolute atomic E-state index is 13.8. The zero-order valence-electron chi connectivity index (χ0n) is 25.0. The van der Waals surface area contributed by atoms with Gasteiger partial charge in [-0.15, -0.1) is 11.3 Å². The third-order valence-electron chi connectivity index (χ3n) is 9.94. The van der Waals surface area contributed by atoms with Gasteiger partial charge in [0, 0.05) is 89.3 Å². The molecule has 0 saturated carbocycles. The minimum Gasteiger partial charge on any atom is -0.478 e. The fourth-order valence-corrected chi connectivity index (χ4v) is 8.85. The highest BCUT2D eigenvalue weighted by molar-refractivity contribution is 7.09. The number of aromatic nitrogens is 1. The average molecular weight is 675 g/mol. The molecule has 45 heavy (non-hydrogen) atoms. The molecule has 5 heterocycles. The smallest absolute Gasteiger partial charge is 0.334 e. The lowest BCUT2D eigenvalue weighted by Crippen LogP contribution is -2.56. The van der Waals surface area contributed by atoms with Crippen LogP contribution in [-0.2, 0) is 20.8 Å². The normalized spacial score (nSPS) is 25.9. The summed E-state index contributed by atoms with van der Waals surface area (Å²) in [5, 5.41) is 27.0. The lowest BCUT2D eigenvalue weighted by molar-refractivity contribution is -0.133. The molecule has 0 radical (unpaired) electrons. The molecule has 1 aromatic heterocycles. The minimum absolute atomic E-state index is 0.148. The number of nitrogens with one attached hydrogen (secondary N) is 1. The first-order valence-corrected chi connectivity index (χ1v) is 17.0. The number of halogens is 2. The van der Waals surface area contributed by atoms with E-state index in [9.17, 15) is 24.6 Å². The van der Waals surface area contributed by atoms with Crippen molar-refractivity contribution in [2.24, 2.45) is 0 Å². The van der Waals surface area contributed by atoms with Gasteiger partial charge in [-0.25, -0.2) is 14.6 Å². The van der Waals surface area contributed by atoms with Crippen molar-refractivity contribution in [2.45, 2.75) is 69.0 Å². The van der Waals surface area contributed by atoms with Crippen molar-refractivity contribution in [3.8, 4) is 0 Å². The Kier molecular flexibility index (Phi) is 9.54. The molecule has 6 rings (SSSR count). The van der Waals surface area contributed by atoms with Crippen LogP contribution in [0.5, 0.6) is 0 Å². The summed E-state index contributed by atoms with van der Waals surface area (Å²) in [6.45, 7) is 2.67. The van der Waals surface area contributed by atoms with E-state index in [1.807, 2.05) is 5.38 Å². The predicted molar refractivity (Wildman–Crippen MR) is 172 cm³/mol. The van der Waals surface area contributed by atoms with Gasteiger partial charge in [-0.2, -0.15) is 0 Å². The zero-order valence-corrected chi connectivity index (χ0v) is 27.4. The van der Waals surface area contributed by atoms with E-state index in [0.29, 0.717) is 43.3 Å². The van der Waals surface area contributed by atoms with Crippen LogP contribution in [0.4, 0.5) is 0 Å². The number of carboxylic acids is 2. The Morgan fingerprint density at radius 1 is 0.933 bits per heavy atom. The number of fused-ring (bicyclic) bond motifs is 2. The van der Waals surface area contributed by atoms with E-state index in [1.54, 1.807) is 29.3 Å². The number of carboxylic acid groups (broad SMARTS) is 2. The molecule has 1 aromatic carbocycles. The van der Waals surface area contributed by atoms with Crippen LogP contribution < -0.4 is 5.32 Å². The number of hydrogen-bond acceptors (Lipinski definition) is 8. The van der Waals surface area contributed by atoms with Gasteiger partial charge in [0.15, 0.2) is 0 Å². The van der Waals surface area contributed by atoms with Gasteiger partial charge in [-0.3, -0.25) is 9.69 Å². The summed E-state index contributed by atoms with van der Waals surface area (Å²) in [6.07, 6.45) is 6.98. The van der Waals surface area contributed by atoms with Gasteiger partial charge in [0.25, 0.3) is 0 Å². The third-order valence-corrected chi connectivity index (χ3v) is 11.4. The molecule has 0 spiro atoms. The van der Waals surface area contributed by atoms with E-state index >= 15 is 0 Å². The summed E-state index contributed by atoms with van der Waals surface area (Å²) < 4.78 is 0. The first kappa shape index (κ1) is 32.0. The quantitative estimate of drug-likeness (QED) is 0.350. The van der Waals surface area contributed by atoms with Crippen LogP contribution in [0.25, 0.3) is 0 Å². The maximum Gasteiger partial charge on any atom is 0.334 e. The lowest BCUT2D eigenvalue weighted by atomic mass is 9.79. The van der Waals surface area contributed by atoms with E-state index in [2.05, 4.69) is 27.1 Å². The molecule has 2 unspecified atom stereocenters. The standard InChI is InChI=1S/C32H37Cl2N5O5S/c1-37-18-5-6-19(37)16-20(15-18)38-10-12-39(13-11-38)26(40)17-24-29(32(43)44)30(27-21(33)3-2-4-22(27)34)28(31(41)42)23(36-24)7-8-25-35-9-14-45-25/h2-4,9,14,18-20,30,36H,5-8,10-13,15-17H2,1H3,(H,41,42)(H,43,44)/t18-,19+,20?,30?. The van der Waals surface area contributed by atoms with E-state index in [4.69, 9.17) is 23.2 Å². The number of dihydropyridines is 1. The van der Waals surface area contributed by atoms with Crippen molar-refractivity contribution >= 4 is 52.4 Å². The van der Waals surface area contributed by atoms with E-state index in [1.165, 1.54) is 24.2 Å². The largest absolute Gasteiger partial charge is 0.478 e.